The molecule has 1 fully saturated rings. The molecule has 1 saturated carbocycles. The molecule has 3 aromatic rings. The summed E-state index contributed by atoms with van der Waals surface area (Å²) in [4.78, 5) is 28.0. The van der Waals surface area contributed by atoms with Gasteiger partial charge in [0.2, 0.25) is 0 Å². The first kappa shape index (κ1) is 25.1. The summed E-state index contributed by atoms with van der Waals surface area (Å²) in [6, 6.07) is 5.46. The molecule has 5 nitrogen and oxygen atoms in total. The van der Waals surface area contributed by atoms with Crippen LogP contribution in [0.5, 0.6) is 0 Å². The number of aromatic nitrogens is 2. The van der Waals surface area contributed by atoms with Gasteiger partial charge in [0.05, 0.1) is 17.1 Å². The summed E-state index contributed by atoms with van der Waals surface area (Å²) in [6.07, 6.45) is -2.93. The maximum atomic E-state index is 13.7. The second-order valence-corrected chi connectivity index (χ2v) is 11.6. The highest BCUT2D eigenvalue weighted by molar-refractivity contribution is 8.00. The molecule has 0 bridgehead atoms. The Morgan fingerprint density at radius 3 is 2.53 bits per heavy atom. The number of aliphatic hydroxyl groups excluding tert-OH is 1. The van der Waals surface area contributed by atoms with Gasteiger partial charge in [-0.1, -0.05) is 32.0 Å². The van der Waals surface area contributed by atoms with Crippen molar-refractivity contribution >= 4 is 33.3 Å². The Balaban J connectivity index is 1.94. The minimum absolute atomic E-state index is 0.00562. The molecule has 0 saturated heterocycles. The van der Waals surface area contributed by atoms with Crippen LogP contribution in [0.4, 0.5) is 13.2 Å². The molecule has 0 spiro atoms. The number of halogens is 3. The zero-order valence-corrected chi connectivity index (χ0v) is 20.8. The molecule has 0 amide bonds. The van der Waals surface area contributed by atoms with E-state index in [-0.39, 0.29) is 23.2 Å². The van der Waals surface area contributed by atoms with Crippen LogP contribution in [0.25, 0.3) is 10.2 Å². The number of benzene rings is 1. The lowest BCUT2D eigenvalue weighted by atomic mass is 10.0. The molecule has 2 heterocycles. The van der Waals surface area contributed by atoms with Crippen molar-refractivity contribution in [1.82, 2.24) is 9.13 Å². The Morgan fingerprint density at radius 2 is 1.91 bits per heavy atom. The van der Waals surface area contributed by atoms with Gasteiger partial charge in [-0.25, -0.2) is 4.79 Å². The summed E-state index contributed by atoms with van der Waals surface area (Å²) >= 11 is 2.67. The zero-order chi connectivity index (χ0) is 24.8. The quantitative estimate of drug-likeness (QED) is 0.503. The molecular formula is C24H27F3N2O3S2. The normalized spacial score (nSPS) is 18.9. The minimum Gasteiger partial charge on any atom is -0.393 e. The van der Waals surface area contributed by atoms with Crippen LogP contribution in [0.15, 0.2) is 38.8 Å². The fourth-order valence-corrected chi connectivity index (χ4v) is 7.39. The highest BCUT2D eigenvalue weighted by Crippen LogP contribution is 2.44. The Labute approximate surface area is 203 Å². The fourth-order valence-electron chi connectivity index (χ4n) is 4.43. The molecule has 1 aliphatic rings. The molecule has 4 rings (SSSR count). The molecule has 2 aromatic heterocycles. The van der Waals surface area contributed by atoms with Gasteiger partial charge in [0.1, 0.15) is 4.83 Å². The van der Waals surface area contributed by atoms with Crippen LogP contribution in [0.1, 0.15) is 49.1 Å². The van der Waals surface area contributed by atoms with E-state index in [1.807, 2.05) is 13.8 Å². The van der Waals surface area contributed by atoms with Gasteiger partial charge in [0.25, 0.3) is 5.56 Å². The summed E-state index contributed by atoms with van der Waals surface area (Å²) in [5, 5.41) is 10.4. The second kappa shape index (κ2) is 9.54. The predicted molar refractivity (Wildman–Crippen MR) is 130 cm³/mol. The SMILES string of the molecule is CC(C)Cn1c(=O)n(C)c(=O)c2c(S[C@@H]3CC[C@H](O)C3)c(Cc3ccccc3C(F)(F)F)sc21. The van der Waals surface area contributed by atoms with E-state index in [1.54, 1.807) is 10.6 Å². The maximum Gasteiger partial charge on any atom is 0.416 e. The Morgan fingerprint density at radius 1 is 1.21 bits per heavy atom. The molecule has 2 atom stereocenters. The third-order valence-corrected chi connectivity index (χ3v) is 8.85. The zero-order valence-electron chi connectivity index (χ0n) is 19.2. The molecule has 0 unspecified atom stereocenters. The van der Waals surface area contributed by atoms with Crippen LogP contribution >= 0.6 is 23.1 Å². The van der Waals surface area contributed by atoms with Crippen molar-refractivity contribution in [1.29, 1.82) is 0 Å². The lowest BCUT2D eigenvalue weighted by Gasteiger charge is -2.14. The van der Waals surface area contributed by atoms with Gasteiger partial charge in [-0.15, -0.1) is 23.1 Å². The lowest BCUT2D eigenvalue weighted by Crippen LogP contribution is -2.38. The van der Waals surface area contributed by atoms with Crippen molar-refractivity contribution in [3.63, 3.8) is 0 Å². The Hall–Kier alpha value is -2.04. The highest BCUT2D eigenvalue weighted by atomic mass is 32.2. The first-order valence-corrected chi connectivity index (χ1v) is 12.9. The molecule has 10 heteroatoms. The summed E-state index contributed by atoms with van der Waals surface area (Å²) in [5.74, 6) is 0.135. The Bertz CT molecular complexity index is 1320. The van der Waals surface area contributed by atoms with E-state index < -0.39 is 29.1 Å². The van der Waals surface area contributed by atoms with E-state index in [4.69, 9.17) is 0 Å². The van der Waals surface area contributed by atoms with E-state index in [2.05, 4.69) is 0 Å². The Kier molecular flexibility index (Phi) is 7.04. The number of hydrogen-bond acceptors (Lipinski definition) is 5. The standard InChI is InChI=1S/C24H27F3N2O3S2/c1-13(2)12-29-22-19(21(31)28(3)23(29)32)20(33-16-9-8-15(30)11-16)18(34-22)10-14-6-4-5-7-17(14)24(25,26)27/h4-7,13,15-16,30H,8-12H2,1-3H3/t15-,16+/m0/s1. The van der Waals surface area contributed by atoms with E-state index in [9.17, 15) is 27.9 Å². The summed E-state index contributed by atoms with van der Waals surface area (Å²) in [7, 11) is 1.44. The largest absolute Gasteiger partial charge is 0.416 e. The van der Waals surface area contributed by atoms with Gasteiger partial charge in [-0.3, -0.25) is 13.9 Å². The molecule has 1 aliphatic carbocycles. The van der Waals surface area contributed by atoms with Crippen LogP contribution in [0.3, 0.4) is 0 Å². The number of nitrogens with zero attached hydrogens (tertiary/aromatic N) is 2. The number of alkyl halides is 3. The molecule has 184 valence electrons. The van der Waals surface area contributed by atoms with Gasteiger partial charge < -0.3 is 5.11 Å². The van der Waals surface area contributed by atoms with Gasteiger partial charge >= 0.3 is 11.9 Å². The van der Waals surface area contributed by atoms with Crippen molar-refractivity contribution in [2.45, 2.75) is 68.5 Å². The molecule has 1 aromatic carbocycles. The molecular weight excluding hydrogens is 485 g/mol. The molecule has 0 aliphatic heterocycles. The van der Waals surface area contributed by atoms with E-state index in [0.29, 0.717) is 39.4 Å². The lowest BCUT2D eigenvalue weighted by molar-refractivity contribution is -0.138. The van der Waals surface area contributed by atoms with Crippen molar-refractivity contribution < 1.29 is 18.3 Å². The van der Waals surface area contributed by atoms with Gasteiger partial charge in [-0.2, -0.15) is 13.2 Å². The van der Waals surface area contributed by atoms with Crippen molar-refractivity contribution in [3.05, 3.63) is 61.1 Å². The summed E-state index contributed by atoms with van der Waals surface area (Å²) < 4.78 is 43.7. The topological polar surface area (TPSA) is 64.2 Å². The predicted octanol–water partition coefficient (Wildman–Crippen LogP) is 5.03. The van der Waals surface area contributed by atoms with Gasteiger partial charge in [0.15, 0.2) is 0 Å². The van der Waals surface area contributed by atoms with Gasteiger partial charge in [0, 0.05) is 35.0 Å². The van der Waals surface area contributed by atoms with E-state index >= 15 is 0 Å². The van der Waals surface area contributed by atoms with Crippen LogP contribution in [0.2, 0.25) is 0 Å². The average Bonchev–Trinajstić information content (AvgIpc) is 3.33. The van der Waals surface area contributed by atoms with Crippen molar-refractivity contribution in [2.24, 2.45) is 13.0 Å². The third-order valence-electron chi connectivity index (χ3n) is 6.06. The smallest absolute Gasteiger partial charge is 0.393 e. The number of aliphatic hydroxyl groups is 1. The van der Waals surface area contributed by atoms with Crippen molar-refractivity contribution in [2.75, 3.05) is 0 Å². The average molecular weight is 513 g/mol. The summed E-state index contributed by atoms with van der Waals surface area (Å²) in [5.41, 5.74) is -1.44. The first-order chi connectivity index (χ1) is 16.0. The van der Waals surface area contributed by atoms with Crippen molar-refractivity contribution in [3.8, 4) is 0 Å². The monoisotopic (exact) mass is 512 g/mol. The fraction of sp³-hybridized carbons (Fsp3) is 0.500. The number of fused-ring (bicyclic) bond motifs is 1. The van der Waals surface area contributed by atoms with Crippen LogP contribution in [-0.2, 0) is 26.2 Å². The second-order valence-electron chi connectivity index (χ2n) is 9.22. The summed E-state index contributed by atoms with van der Waals surface area (Å²) in [6.45, 7) is 4.33. The number of hydrogen-bond donors (Lipinski definition) is 1. The molecule has 34 heavy (non-hydrogen) atoms. The number of thiophene rings is 1. The molecule has 0 radical (unpaired) electrons. The van der Waals surface area contributed by atoms with Crippen LogP contribution in [-0.4, -0.2) is 25.6 Å². The van der Waals surface area contributed by atoms with Gasteiger partial charge in [-0.05, 0) is 36.8 Å². The third kappa shape index (κ3) is 4.85. The van der Waals surface area contributed by atoms with E-state index in [0.717, 1.165) is 17.1 Å². The van der Waals surface area contributed by atoms with Crippen LogP contribution < -0.4 is 11.2 Å². The number of thioether (sulfide) groups is 1. The maximum absolute atomic E-state index is 13.7. The highest BCUT2D eigenvalue weighted by Gasteiger charge is 2.34. The number of rotatable bonds is 6. The minimum atomic E-state index is -4.49. The molecule has 1 N–H and O–H groups in total. The van der Waals surface area contributed by atoms with Crippen LogP contribution in [0, 0.1) is 5.92 Å². The van der Waals surface area contributed by atoms with E-state index in [1.165, 1.54) is 42.3 Å². The first-order valence-electron chi connectivity index (χ1n) is 11.2.